The van der Waals surface area contributed by atoms with Gasteiger partial charge in [0.1, 0.15) is 6.04 Å². The Morgan fingerprint density at radius 1 is 1.06 bits per heavy atom. The molecule has 2 aromatic carbocycles. The molecule has 1 aliphatic rings. The van der Waals surface area contributed by atoms with Crippen molar-refractivity contribution in [2.45, 2.75) is 71.9 Å². The number of nitrogens with zero attached hydrogens (tertiary/aromatic N) is 1. The van der Waals surface area contributed by atoms with E-state index in [0.717, 1.165) is 35.2 Å². The Morgan fingerprint density at radius 3 is 2.32 bits per heavy atom. The highest BCUT2D eigenvalue weighted by Gasteiger charge is 2.31. The highest BCUT2D eigenvalue weighted by Crippen LogP contribution is 2.25. The van der Waals surface area contributed by atoms with Crippen molar-refractivity contribution in [2.24, 2.45) is 0 Å². The molecule has 3 rings (SSSR count). The molecule has 5 nitrogen and oxygen atoms in total. The van der Waals surface area contributed by atoms with E-state index in [0.29, 0.717) is 19.5 Å². The minimum absolute atomic E-state index is 0.0686. The van der Waals surface area contributed by atoms with Crippen LogP contribution in [-0.4, -0.2) is 29.4 Å². The van der Waals surface area contributed by atoms with Crippen molar-refractivity contribution in [3.05, 3.63) is 64.7 Å². The molecule has 0 aliphatic carbocycles. The third-order valence-electron chi connectivity index (χ3n) is 6.03. The SMILES string of the molecule is Cc1cccc(C)c1NC(=O)N(Cc1ccc(C(C)(C)C)cc1)C1CCCCNC1=O. The summed E-state index contributed by atoms with van der Waals surface area (Å²) < 4.78 is 0. The fraction of sp³-hybridized carbons (Fsp3) is 0.462. The smallest absolute Gasteiger partial charge is 0.322 e. The number of hydrogen-bond acceptors (Lipinski definition) is 2. The van der Waals surface area contributed by atoms with Crippen LogP contribution in [0.2, 0.25) is 0 Å². The minimum atomic E-state index is -0.478. The van der Waals surface area contributed by atoms with Crippen LogP contribution in [0, 0.1) is 13.8 Å². The molecule has 0 aromatic heterocycles. The van der Waals surface area contributed by atoms with Crippen molar-refractivity contribution in [1.29, 1.82) is 0 Å². The van der Waals surface area contributed by atoms with E-state index in [4.69, 9.17) is 0 Å². The second kappa shape index (κ2) is 9.54. The first-order chi connectivity index (χ1) is 14.7. The van der Waals surface area contributed by atoms with Crippen molar-refractivity contribution < 1.29 is 9.59 Å². The summed E-state index contributed by atoms with van der Waals surface area (Å²) >= 11 is 0. The Morgan fingerprint density at radius 2 is 1.71 bits per heavy atom. The summed E-state index contributed by atoms with van der Waals surface area (Å²) in [5, 5.41) is 6.05. The average molecular weight is 422 g/mol. The van der Waals surface area contributed by atoms with Gasteiger partial charge in [-0.3, -0.25) is 4.79 Å². The van der Waals surface area contributed by atoms with Gasteiger partial charge in [-0.15, -0.1) is 0 Å². The van der Waals surface area contributed by atoms with E-state index in [2.05, 4.69) is 55.7 Å². The molecular weight excluding hydrogens is 386 g/mol. The van der Waals surface area contributed by atoms with Gasteiger partial charge in [0.2, 0.25) is 5.91 Å². The van der Waals surface area contributed by atoms with Crippen LogP contribution in [0.15, 0.2) is 42.5 Å². The van der Waals surface area contributed by atoms with Crippen molar-refractivity contribution in [3.63, 3.8) is 0 Å². The van der Waals surface area contributed by atoms with Crippen LogP contribution >= 0.6 is 0 Å². The number of urea groups is 1. The van der Waals surface area contributed by atoms with Crippen molar-refractivity contribution in [2.75, 3.05) is 11.9 Å². The van der Waals surface area contributed by atoms with Crippen LogP contribution in [0.3, 0.4) is 0 Å². The molecule has 3 amide bonds. The number of anilines is 1. The highest BCUT2D eigenvalue weighted by molar-refractivity contribution is 5.95. The summed E-state index contributed by atoms with van der Waals surface area (Å²) in [6.07, 6.45) is 2.53. The second-order valence-corrected chi connectivity index (χ2v) is 9.57. The topological polar surface area (TPSA) is 61.4 Å². The van der Waals surface area contributed by atoms with E-state index >= 15 is 0 Å². The standard InChI is InChI=1S/C26H35N3O2/c1-18-9-8-10-19(2)23(18)28-25(31)29(22-11-6-7-16-27-24(22)30)17-20-12-14-21(15-13-20)26(3,4)5/h8-10,12-15,22H,6-7,11,16-17H2,1-5H3,(H,27,30)(H,28,31). The van der Waals surface area contributed by atoms with Crippen LogP contribution < -0.4 is 10.6 Å². The van der Waals surface area contributed by atoms with E-state index in [1.54, 1.807) is 4.90 Å². The first kappa shape index (κ1) is 22.9. The molecule has 0 radical (unpaired) electrons. The van der Waals surface area contributed by atoms with Crippen molar-refractivity contribution >= 4 is 17.6 Å². The number of nitrogens with one attached hydrogen (secondary N) is 2. The average Bonchev–Trinajstić information content (AvgIpc) is 2.93. The van der Waals surface area contributed by atoms with Crippen molar-refractivity contribution in [3.8, 4) is 0 Å². The number of hydrogen-bond donors (Lipinski definition) is 2. The number of benzene rings is 2. The fourth-order valence-electron chi connectivity index (χ4n) is 4.04. The molecule has 1 heterocycles. The number of rotatable bonds is 4. The van der Waals surface area contributed by atoms with Gasteiger partial charge < -0.3 is 15.5 Å². The number of carbonyl (C=O) groups is 2. The lowest BCUT2D eigenvalue weighted by atomic mass is 9.86. The molecular formula is C26H35N3O2. The van der Waals surface area contributed by atoms with Gasteiger partial charge in [-0.25, -0.2) is 4.79 Å². The second-order valence-electron chi connectivity index (χ2n) is 9.57. The van der Waals surface area contributed by atoms with Gasteiger partial charge in [0, 0.05) is 18.8 Å². The van der Waals surface area contributed by atoms with Gasteiger partial charge in [-0.05, 0) is 60.8 Å². The van der Waals surface area contributed by atoms with Crippen LogP contribution in [-0.2, 0) is 16.8 Å². The van der Waals surface area contributed by atoms with E-state index in [1.165, 1.54) is 5.56 Å². The number of carbonyl (C=O) groups excluding carboxylic acids is 2. The summed E-state index contributed by atoms with van der Waals surface area (Å²) in [7, 11) is 0. The Labute approximate surface area is 186 Å². The Kier molecular flexibility index (Phi) is 7.04. The molecule has 0 spiro atoms. The van der Waals surface area contributed by atoms with Crippen LogP contribution in [0.5, 0.6) is 0 Å². The maximum atomic E-state index is 13.4. The van der Waals surface area contributed by atoms with Crippen LogP contribution in [0.1, 0.15) is 62.3 Å². The molecule has 0 bridgehead atoms. The summed E-state index contributed by atoms with van der Waals surface area (Å²) in [5.74, 6) is -0.0690. The largest absolute Gasteiger partial charge is 0.354 e. The van der Waals surface area contributed by atoms with Gasteiger partial charge in [0.15, 0.2) is 0 Å². The normalized spacial score (nSPS) is 16.9. The predicted molar refractivity (Wildman–Crippen MR) is 126 cm³/mol. The number of aryl methyl sites for hydroxylation is 2. The summed E-state index contributed by atoms with van der Waals surface area (Å²) in [6, 6.07) is 13.6. The first-order valence-corrected chi connectivity index (χ1v) is 11.2. The zero-order valence-corrected chi connectivity index (χ0v) is 19.4. The summed E-state index contributed by atoms with van der Waals surface area (Å²) in [4.78, 5) is 27.9. The molecule has 2 N–H and O–H groups in total. The molecule has 2 aromatic rings. The monoisotopic (exact) mass is 421 g/mol. The number of amides is 3. The summed E-state index contributed by atoms with van der Waals surface area (Å²) in [6.45, 7) is 11.6. The Hall–Kier alpha value is -2.82. The molecule has 5 heteroatoms. The first-order valence-electron chi connectivity index (χ1n) is 11.2. The van der Waals surface area contributed by atoms with Gasteiger partial charge in [-0.1, -0.05) is 63.2 Å². The zero-order chi connectivity index (χ0) is 22.6. The van der Waals surface area contributed by atoms with Gasteiger partial charge >= 0.3 is 6.03 Å². The zero-order valence-electron chi connectivity index (χ0n) is 19.4. The molecule has 1 aliphatic heterocycles. The predicted octanol–water partition coefficient (Wildman–Crippen LogP) is 5.30. The molecule has 1 unspecified atom stereocenters. The van der Waals surface area contributed by atoms with E-state index < -0.39 is 6.04 Å². The van der Waals surface area contributed by atoms with Crippen LogP contribution in [0.4, 0.5) is 10.5 Å². The third-order valence-corrected chi connectivity index (χ3v) is 6.03. The maximum Gasteiger partial charge on any atom is 0.322 e. The highest BCUT2D eigenvalue weighted by atomic mass is 16.2. The van der Waals surface area contributed by atoms with E-state index in [9.17, 15) is 9.59 Å². The van der Waals surface area contributed by atoms with Crippen molar-refractivity contribution in [1.82, 2.24) is 10.2 Å². The number of para-hydroxylation sites is 1. The van der Waals surface area contributed by atoms with Gasteiger partial charge in [-0.2, -0.15) is 0 Å². The Balaban J connectivity index is 1.89. The van der Waals surface area contributed by atoms with Gasteiger partial charge in [0.05, 0.1) is 0 Å². The Bertz CT molecular complexity index is 908. The fourth-order valence-corrected chi connectivity index (χ4v) is 4.04. The maximum absolute atomic E-state index is 13.4. The van der Waals surface area contributed by atoms with E-state index in [1.807, 2.05) is 32.0 Å². The lowest BCUT2D eigenvalue weighted by molar-refractivity contribution is -0.125. The molecule has 1 atom stereocenters. The van der Waals surface area contributed by atoms with E-state index in [-0.39, 0.29) is 17.4 Å². The molecule has 1 saturated heterocycles. The third kappa shape index (κ3) is 5.66. The lowest BCUT2D eigenvalue weighted by Crippen LogP contribution is -2.49. The van der Waals surface area contributed by atoms with Crippen LogP contribution in [0.25, 0.3) is 0 Å². The molecule has 1 fully saturated rings. The summed E-state index contributed by atoms with van der Waals surface area (Å²) in [5.41, 5.74) is 5.16. The van der Waals surface area contributed by atoms with Gasteiger partial charge in [0.25, 0.3) is 0 Å². The molecule has 31 heavy (non-hydrogen) atoms. The quantitative estimate of drug-likeness (QED) is 0.703. The lowest BCUT2D eigenvalue weighted by Gasteiger charge is -2.31. The molecule has 166 valence electrons. The minimum Gasteiger partial charge on any atom is -0.354 e. The molecule has 0 saturated carbocycles.